The molecular formula is C25H24BrN7O. The number of aromatic nitrogens is 5. The molecule has 8 nitrogen and oxygen atoms in total. The first-order chi connectivity index (χ1) is 16.7. The highest BCUT2D eigenvalue weighted by Gasteiger charge is 2.36. The molecule has 6 rings (SSSR count). The van der Waals surface area contributed by atoms with Gasteiger partial charge in [-0.2, -0.15) is 10.1 Å². The molecule has 1 saturated carbocycles. The maximum atomic E-state index is 13.1. The highest BCUT2D eigenvalue weighted by atomic mass is 79.9. The molecule has 3 aromatic heterocycles. The number of pyridine rings is 1. The minimum Gasteiger partial charge on any atom is -0.354 e. The van der Waals surface area contributed by atoms with Gasteiger partial charge in [0.05, 0.1) is 17.1 Å². The Kier molecular flexibility index (Phi) is 5.49. The number of carbonyl (C=O) groups is 1. The highest BCUT2D eigenvalue weighted by molar-refractivity contribution is 9.10. The lowest BCUT2D eigenvalue weighted by Gasteiger charge is -2.12. The maximum Gasteiger partial charge on any atom is 0.238 e. The number of nitrogens with one attached hydrogen (secondary N) is 2. The van der Waals surface area contributed by atoms with Gasteiger partial charge in [0.15, 0.2) is 5.65 Å². The Bertz CT molecular complexity index is 1360. The summed E-state index contributed by atoms with van der Waals surface area (Å²) < 4.78 is 2.96. The van der Waals surface area contributed by atoms with Crippen molar-refractivity contribution in [2.75, 3.05) is 17.2 Å². The molecule has 2 aliphatic rings. The molecule has 1 aliphatic carbocycles. The molecule has 172 valence electrons. The van der Waals surface area contributed by atoms with Crippen LogP contribution >= 0.6 is 15.9 Å². The van der Waals surface area contributed by atoms with Gasteiger partial charge in [0.2, 0.25) is 11.9 Å². The van der Waals surface area contributed by atoms with Crippen LogP contribution in [0, 0.1) is 0 Å². The van der Waals surface area contributed by atoms with Gasteiger partial charge in [-0.15, -0.1) is 0 Å². The van der Waals surface area contributed by atoms with Crippen molar-refractivity contribution in [3.05, 3.63) is 70.2 Å². The van der Waals surface area contributed by atoms with E-state index in [9.17, 15) is 4.79 Å². The van der Waals surface area contributed by atoms with Crippen LogP contribution in [0.4, 0.5) is 11.6 Å². The number of nitrogens with zero attached hydrogens (tertiary/aromatic N) is 5. The van der Waals surface area contributed by atoms with Gasteiger partial charge in [-0.05, 0) is 54.7 Å². The van der Waals surface area contributed by atoms with Crippen LogP contribution < -0.4 is 10.6 Å². The van der Waals surface area contributed by atoms with Gasteiger partial charge in [-0.25, -0.2) is 4.98 Å². The van der Waals surface area contributed by atoms with E-state index in [4.69, 9.17) is 15.1 Å². The number of hydrogen-bond acceptors (Lipinski definition) is 6. The smallest absolute Gasteiger partial charge is 0.238 e. The number of amides is 1. The molecule has 9 heteroatoms. The van der Waals surface area contributed by atoms with E-state index in [1.54, 1.807) is 6.20 Å². The van der Waals surface area contributed by atoms with Gasteiger partial charge in [0.25, 0.3) is 0 Å². The first-order valence-corrected chi connectivity index (χ1v) is 12.4. The minimum absolute atomic E-state index is 0.0805. The van der Waals surface area contributed by atoms with E-state index < -0.39 is 5.92 Å². The predicted molar refractivity (Wildman–Crippen MR) is 134 cm³/mol. The van der Waals surface area contributed by atoms with Crippen molar-refractivity contribution in [1.29, 1.82) is 0 Å². The van der Waals surface area contributed by atoms with E-state index >= 15 is 0 Å². The Morgan fingerprint density at radius 1 is 1.18 bits per heavy atom. The normalized spacial score (nSPS) is 17.8. The SMILES string of the molecule is O=C1Nc2ccc(Br)cc2C1c1nc(NCCc2cccnc2)nc2nn(C3CCCC3)cc12. The number of anilines is 2. The van der Waals surface area contributed by atoms with E-state index in [0.29, 0.717) is 29.9 Å². The van der Waals surface area contributed by atoms with Gasteiger partial charge in [0, 0.05) is 35.3 Å². The zero-order valence-electron chi connectivity index (χ0n) is 18.5. The van der Waals surface area contributed by atoms with Crippen LogP contribution in [0.3, 0.4) is 0 Å². The second kappa shape index (κ2) is 8.79. The molecule has 1 unspecified atom stereocenters. The average molecular weight is 518 g/mol. The summed E-state index contributed by atoms with van der Waals surface area (Å²) in [6.07, 6.45) is 11.1. The average Bonchev–Trinajstić information content (AvgIpc) is 3.57. The number of rotatable bonds is 6. The molecule has 2 N–H and O–H groups in total. The molecule has 0 radical (unpaired) electrons. The van der Waals surface area contributed by atoms with E-state index in [1.165, 1.54) is 12.8 Å². The van der Waals surface area contributed by atoms with Crippen molar-refractivity contribution in [3.63, 3.8) is 0 Å². The number of benzene rings is 1. The number of carbonyl (C=O) groups excluding carboxylic acids is 1. The Balaban J connectivity index is 1.40. The van der Waals surface area contributed by atoms with Gasteiger partial charge in [0.1, 0.15) is 5.92 Å². The van der Waals surface area contributed by atoms with E-state index in [-0.39, 0.29) is 5.91 Å². The van der Waals surface area contributed by atoms with E-state index in [2.05, 4.69) is 31.5 Å². The topological polar surface area (TPSA) is 97.6 Å². The number of fused-ring (bicyclic) bond motifs is 2. The van der Waals surface area contributed by atoms with Crippen LogP contribution in [0.2, 0.25) is 0 Å². The van der Waals surface area contributed by atoms with Crippen molar-refractivity contribution < 1.29 is 4.79 Å². The third-order valence-corrected chi connectivity index (χ3v) is 7.16. The molecule has 1 atom stereocenters. The summed E-state index contributed by atoms with van der Waals surface area (Å²) in [5.74, 6) is -0.111. The molecule has 0 bridgehead atoms. The van der Waals surface area contributed by atoms with Crippen LogP contribution in [-0.2, 0) is 11.2 Å². The summed E-state index contributed by atoms with van der Waals surface area (Å²) in [6.45, 7) is 0.652. The summed E-state index contributed by atoms with van der Waals surface area (Å²) >= 11 is 3.55. The molecule has 4 aromatic rings. The molecule has 1 aromatic carbocycles. The monoisotopic (exact) mass is 517 g/mol. The Hall–Kier alpha value is -3.33. The standard InChI is InChI=1S/C25H24BrN7O/c26-16-7-8-20-18(12-16)21(24(34)29-20)22-19-14-33(17-5-1-2-6-17)32-23(19)31-25(30-22)28-11-9-15-4-3-10-27-13-15/h3-4,7-8,10,12-14,17,21H,1-2,5-6,9,11H2,(H,29,34)(H,28,31,32). The summed E-state index contributed by atoms with van der Waals surface area (Å²) in [4.78, 5) is 26.9. The van der Waals surface area contributed by atoms with Gasteiger partial charge >= 0.3 is 0 Å². The Morgan fingerprint density at radius 3 is 2.88 bits per heavy atom. The molecule has 4 heterocycles. The minimum atomic E-state index is -0.516. The van der Waals surface area contributed by atoms with Crippen LogP contribution in [0.1, 0.15) is 54.5 Å². The van der Waals surface area contributed by atoms with Crippen molar-refractivity contribution in [2.45, 2.75) is 44.1 Å². The van der Waals surface area contributed by atoms with E-state index in [0.717, 1.165) is 45.9 Å². The maximum absolute atomic E-state index is 13.1. The van der Waals surface area contributed by atoms with Gasteiger partial charge < -0.3 is 10.6 Å². The van der Waals surface area contributed by atoms with Crippen LogP contribution in [0.15, 0.2) is 53.4 Å². The zero-order chi connectivity index (χ0) is 23.1. The third-order valence-electron chi connectivity index (χ3n) is 6.66. The predicted octanol–water partition coefficient (Wildman–Crippen LogP) is 4.84. The molecule has 1 aliphatic heterocycles. The molecule has 0 spiro atoms. The van der Waals surface area contributed by atoms with Gasteiger partial charge in [-0.1, -0.05) is 34.8 Å². The van der Waals surface area contributed by atoms with Crippen molar-refractivity contribution in [1.82, 2.24) is 24.7 Å². The fourth-order valence-corrected chi connectivity index (χ4v) is 5.35. The first kappa shape index (κ1) is 21.2. The molecule has 1 fully saturated rings. The largest absolute Gasteiger partial charge is 0.354 e. The van der Waals surface area contributed by atoms with Crippen LogP contribution in [-0.4, -0.2) is 37.2 Å². The highest BCUT2D eigenvalue weighted by Crippen LogP contribution is 2.41. The summed E-state index contributed by atoms with van der Waals surface area (Å²) in [5.41, 5.74) is 4.17. The molecule has 34 heavy (non-hydrogen) atoms. The second-order valence-electron chi connectivity index (χ2n) is 8.91. The third kappa shape index (κ3) is 3.94. The lowest BCUT2D eigenvalue weighted by molar-refractivity contribution is -0.116. The van der Waals surface area contributed by atoms with Crippen molar-refractivity contribution in [3.8, 4) is 0 Å². The number of halogens is 1. The Morgan fingerprint density at radius 2 is 2.06 bits per heavy atom. The zero-order valence-corrected chi connectivity index (χ0v) is 20.1. The van der Waals surface area contributed by atoms with Crippen molar-refractivity contribution >= 4 is 44.5 Å². The Labute approximate surface area is 205 Å². The summed E-state index contributed by atoms with van der Waals surface area (Å²) in [5, 5.41) is 12.0. The molecule has 0 saturated heterocycles. The van der Waals surface area contributed by atoms with Crippen LogP contribution in [0.25, 0.3) is 11.0 Å². The summed E-state index contributed by atoms with van der Waals surface area (Å²) in [6, 6.07) is 10.2. The van der Waals surface area contributed by atoms with E-state index in [1.807, 2.05) is 47.4 Å². The number of hydrogen-bond donors (Lipinski definition) is 2. The van der Waals surface area contributed by atoms with Gasteiger partial charge in [-0.3, -0.25) is 14.5 Å². The fourth-order valence-electron chi connectivity index (χ4n) is 4.97. The summed E-state index contributed by atoms with van der Waals surface area (Å²) in [7, 11) is 0. The lowest BCUT2D eigenvalue weighted by atomic mass is 9.95. The van der Waals surface area contributed by atoms with Crippen LogP contribution in [0.5, 0.6) is 0 Å². The lowest BCUT2D eigenvalue weighted by Crippen LogP contribution is -2.17. The van der Waals surface area contributed by atoms with Crippen molar-refractivity contribution in [2.24, 2.45) is 0 Å². The first-order valence-electron chi connectivity index (χ1n) is 11.7. The fraction of sp³-hybridized carbons (Fsp3) is 0.320. The quantitative estimate of drug-likeness (QED) is 0.379. The molecular weight excluding hydrogens is 494 g/mol. The second-order valence-corrected chi connectivity index (χ2v) is 9.82. The molecule has 1 amide bonds.